The third-order valence-corrected chi connectivity index (χ3v) is 4.56. The van der Waals surface area contributed by atoms with Crippen molar-refractivity contribution in [3.05, 3.63) is 0 Å². The van der Waals surface area contributed by atoms with E-state index in [2.05, 4.69) is 14.9 Å². The number of urea groups is 1. The predicted octanol–water partition coefficient (Wildman–Crippen LogP) is -1.53. The highest BCUT2D eigenvalue weighted by Gasteiger charge is 2.53. The van der Waals surface area contributed by atoms with Gasteiger partial charge in [-0.15, -0.1) is 4.28 Å². The van der Waals surface area contributed by atoms with Gasteiger partial charge in [0.05, 0.1) is 6.04 Å². The lowest BCUT2D eigenvalue weighted by Gasteiger charge is -2.31. The van der Waals surface area contributed by atoms with E-state index in [-0.39, 0.29) is 24.9 Å². The van der Waals surface area contributed by atoms with Gasteiger partial charge < -0.3 is 15.5 Å². The summed E-state index contributed by atoms with van der Waals surface area (Å²) < 4.78 is 34.4. The van der Waals surface area contributed by atoms with Crippen LogP contribution in [-0.2, 0) is 19.5 Å². The van der Waals surface area contributed by atoms with Crippen molar-refractivity contribution in [1.29, 1.82) is 0 Å². The van der Waals surface area contributed by atoms with Crippen LogP contribution in [0.4, 0.5) is 4.79 Å². The molecule has 2 atom stereocenters. The fourth-order valence-corrected chi connectivity index (χ4v) is 3.57. The summed E-state index contributed by atoms with van der Waals surface area (Å²) in [6, 6.07) is -1.81. The molecule has 3 saturated heterocycles. The Labute approximate surface area is 127 Å². The van der Waals surface area contributed by atoms with Gasteiger partial charge in [-0.3, -0.25) is 9.35 Å². The molecule has 0 saturated carbocycles. The second-order valence-corrected chi connectivity index (χ2v) is 6.71. The Balaban J connectivity index is 1.60. The van der Waals surface area contributed by atoms with E-state index < -0.39 is 28.5 Å². The third kappa shape index (κ3) is 3.02. The molecule has 0 unspecified atom stereocenters. The normalized spacial score (nSPS) is 29.2. The lowest BCUT2D eigenvalue weighted by Crippen LogP contribution is -2.54. The first-order valence-corrected chi connectivity index (χ1v) is 8.49. The number of amides is 3. The number of carbonyl (C=O) groups is 2. The number of hydrogen-bond donors (Lipinski definition) is 3. The molecule has 124 valence electrons. The zero-order valence-corrected chi connectivity index (χ0v) is 12.6. The Kier molecular flexibility index (Phi) is 3.97. The minimum atomic E-state index is -4.75. The van der Waals surface area contributed by atoms with Gasteiger partial charge in [0, 0.05) is 19.0 Å². The first kappa shape index (κ1) is 15.5. The maximum absolute atomic E-state index is 12.3. The van der Waals surface area contributed by atoms with Crippen molar-refractivity contribution < 1.29 is 26.8 Å². The third-order valence-electron chi connectivity index (χ3n) is 4.21. The lowest BCUT2D eigenvalue weighted by atomic mass is 10.0. The highest BCUT2D eigenvalue weighted by atomic mass is 32.3. The van der Waals surface area contributed by atoms with Gasteiger partial charge in [0.15, 0.2) is 0 Å². The molecule has 0 radical (unpaired) electrons. The summed E-state index contributed by atoms with van der Waals surface area (Å²) in [5.41, 5.74) is 0. The van der Waals surface area contributed by atoms with Gasteiger partial charge in [-0.05, 0) is 25.9 Å². The van der Waals surface area contributed by atoms with Gasteiger partial charge in [0.1, 0.15) is 6.04 Å². The highest BCUT2D eigenvalue weighted by molar-refractivity contribution is 7.80. The molecule has 0 aromatic carbocycles. The molecular formula is C11H18N4O6S. The lowest BCUT2D eigenvalue weighted by molar-refractivity contribution is -0.127. The molecule has 3 aliphatic heterocycles. The van der Waals surface area contributed by atoms with Crippen LogP contribution in [-0.4, -0.2) is 72.6 Å². The van der Waals surface area contributed by atoms with Gasteiger partial charge >= 0.3 is 16.4 Å². The van der Waals surface area contributed by atoms with Crippen molar-refractivity contribution in [1.82, 2.24) is 20.6 Å². The second kappa shape index (κ2) is 5.65. The summed E-state index contributed by atoms with van der Waals surface area (Å²) in [4.78, 5) is 25.6. The molecule has 0 spiro atoms. The average molecular weight is 334 g/mol. The largest absolute Gasteiger partial charge is 0.418 e. The minimum Gasteiger partial charge on any atom is -0.351 e. The molecule has 3 rings (SSSR count). The van der Waals surface area contributed by atoms with Crippen LogP contribution in [0, 0.1) is 0 Å². The Morgan fingerprint density at radius 2 is 2.05 bits per heavy atom. The fraction of sp³-hybridized carbons (Fsp3) is 0.818. The van der Waals surface area contributed by atoms with Crippen molar-refractivity contribution in [2.75, 3.05) is 19.6 Å². The van der Waals surface area contributed by atoms with E-state index in [1.165, 1.54) is 4.90 Å². The minimum absolute atomic E-state index is 0.0920. The summed E-state index contributed by atoms with van der Waals surface area (Å²) in [6.45, 7) is 1.90. The molecule has 0 aromatic rings. The van der Waals surface area contributed by atoms with Crippen molar-refractivity contribution in [3.8, 4) is 0 Å². The van der Waals surface area contributed by atoms with E-state index in [1.807, 2.05) is 0 Å². The van der Waals surface area contributed by atoms with Crippen LogP contribution in [0.15, 0.2) is 0 Å². The number of carbonyl (C=O) groups excluding carboxylic acids is 2. The SMILES string of the molecule is O=C(NC1CCNCC1)[C@@H]1C[C@@H]2CN1C(=O)N2OS(=O)(=O)O. The molecule has 3 heterocycles. The smallest absolute Gasteiger partial charge is 0.351 e. The number of hydroxylamine groups is 2. The number of rotatable bonds is 4. The van der Waals surface area contributed by atoms with Crippen molar-refractivity contribution in [2.45, 2.75) is 37.4 Å². The zero-order valence-electron chi connectivity index (χ0n) is 11.8. The van der Waals surface area contributed by atoms with Crippen LogP contribution < -0.4 is 10.6 Å². The van der Waals surface area contributed by atoms with Crippen LogP contribution in [0.3, 0.4) is 0 Å². The van der Waals surface area contributed by atoms with E-state index in [9.17, 15) is 18.0 Å². The molecule has 2 bridgehead atoms. The quantitative estimate of drug-likeness (QED) is 0.532. The number of hydrogen-bond acceptors (Lipinski definition) is 6. The van der Waals surface area contributed by atoms with Crippen LogP contribution >= 0.6 is 0 Å². The Morgan fingerprint density at radius 1 is 1.36 bits per heavy atom. The molecule has 10 nitrogen and oxygen atoms in total. The fourth-order valence-electron chi connectivity index (χ4n) is 3.18. The van der Waals surface area contributed by atoms with Gasteiger partial charge in [-0.25, -0.2) is 4.79 Å². The summed E-state index contributed by atoms with van der Waals surface area (Å²) in [5, 5.41) is 6.74. The predicted molar refractivity (Wildman–Crippen MR) is 72.8 cm³/mol. The first-order valence-electron chi connectivity index (χ1n) is 7.13. The van der Waals surface area contributed by atoms with Crippen LogP contribution in [0.25, 0.3) is 0 Å². The second-order valence-electron chi connectivity index (χ2n) is 5.70. The van der Waals surface area contributed by atoms with Crippen molar-refractivity contribution >= 4 is 22.3 Å². The maximum Gasteiger partial charge on any atom is 0.418 e. The Hall–Kier alpha value is -1.43. The van der Waals surface area contributed by atoms with Crippen LogP contribution in [0.2, 0.25) is 0 Å². The summed E-state index contributed by atoms with van der Waals surface area (Å²) in [7, 11) is -4.75. The van der Waals surface area contributed by atoms with Gasteiger partial charge in [0.25, 0.3) is 0 Å². The highest BCUT2D eigenvalue weighted by Crippen LogP contribution is 2.32. The molecule has 3 aliphatic rings. The van der Waals surface area contributed by atoms with Crippen molar-refractivity contribution in [2.24, 2.45) is 0 Å². The summed E-state index contributed by atoms with van der Waals surface area (Å²) in [6.07, 6.45) is 1.96. The van der Waals surface area contributed by atoms with Gasteiger partial charge in [0.2, 0.25) is 5.91 Å². The van der Waals surface area contributed by atoms with Crippen LogP contribution in [0.5, 0.6) is 0 Å². The van der Waals surface area contributed by atoms with E-state index in [4.69, 9.17) is 4.55 Å². The molecule has 11 heteroatoms. The Bertz CT molecular complexity index is 575. The van der Waals surface area contributed by atoms with E-state index in [0.717, 1.165) is 25.9 Å². The van der Waals surface area contributed by atoms with Gasteiger partial charge in [-0.1, -0.05) is 0 Å². The van der Waals surface area contributed by atoms with E-state index >= 15 is 0 Å². The average Bonchev–Trinajstić information content (AvgIpc) is 2.99. The standard InChI is InChI=1S/C11H18N4O6S/c16-10(13-7-1-3-12-4-2-7)9-5-8-6-14(9)11(17)15(8)21-22(18,19)20/h7-9,12H,1-6H2,(H,13,16)(H,18,19,20)/t8-,9+/m1/s1. The monoisotopic (exact) mass is 334 g/mol. The molecule has 0 aliphatic carbocycles. The number of nitrogens with zero attached hydrogens (tertiary/aromatic N) is 2. The van der Waals surface area contributed by atoms with E-state index in [1.54, 1.807) is 0 Å². The maximum atomic E-state index is 12.3. The molecule has 22 heavy (non-hydrogen) atoms. The number of fused-ring (bicyclic) bond motifs is 2. The molecule has 3 N–H and O–H groups in total. The first-order chi connectivity index (χ1) is 10.3. The Morgan fingerprint density at radius 3 is 2.64 bits per heavy atom. The molecule has 3 amide bonds. The molecule has 0 aromatic heterocycles. The van der Waals surface area contributed by atoms with E-state index in [0.29, 0.717) is 5.06 Å². The summed E-state index contributed by atoms with van der Waals surface area (Å²) in [5.74, 6) is -0.228. The molecular weight excluding hydrogens is 316 g/mol. The number of piperidine rings is 1. The zero-order chi connectivity index (χ0) is 15.9. The number of nitrogens with one attached hydrogen (secondary N) is 2. The van der Waals surface area contributed by atoms with Crippen molar-refractivity contribution in [3.63, 3.8) is 0 Å². The van der Waals surface area contributed by atoms with Gasteiger partial charge in [-0.2, -0.15) is 13.5 Å². The molecule has 3 fully saturated rings. The topological polar surface area (TPSA) is 128 Å². The van der Waals surface area contributed by atoms with Crippen LogP contribution in [0.1, 0.15) is 19.3 Å². The summed E-state index contributed by atoms with van der Waals surface area (Å²) >= 11 is 0.